The van der Waals surface area contributed by atoms with Crippen molar-refractivity contribution in [1.82, 2.24) is 10.6 Å². The summed E-state index contributed by atoms with van der Waals surface area (Å²) < 4.78 is 12.5. The highest BCUT2D eigenvalue weighted by Gasteiger charge is 2.16. The Balaban J connectivity index is 0.000000650. The molecule has 0 aliphatic carbocycles. The lowest BCUT2D eigenvalue weighted by atomic mass is 10.1. The first kappa shape index (κ1) is 24.9. The summed E-state index contributed by atoms with van der Waals surface area (Å²) in [5, 5.41) is 16.4. The Hall–Kier alpha value is -4.37. The summed E-state index contributed by atoms with van der Waals surface area (Å²) in [6.07, 6.45) is 2.16. The number of thiophene rings is 1. The molecule has 3 aromatic heterocycles. The molecule has 0 saturated heterocycles. The number of benzene rings is 2. The fourth-order valence-electron chi connectivity index (χ4n) is 4.65. The van der Waals surface area contributed by atoms with E-state index in [1.54, 1.807) is 11.3 Å². The average Bonchev–Trinajstić information content (AvgIpc) is 3.70. The van der Waals surface area contributed by atoms with Crippen molar-refractivity contribution in [2.45, 2.75) is 19.8 Å². The first-order chi connectivity index (χ1) is 19.0. The molecule has 39 heavy (non-hydrogen) atoms. The third kappa shape index (κ3) is 5.44. The summed E-state index contributed by atoms with van der Waals surface area (Å²) >= 11 is 1.67. The predicted molar refractivity (Wildman–Crippen MR) is 156 cm³/mol. The van der Waals surface area contributed by atoms with E-state index in [0.717, 1.165) is 112 Å². The molecule has 0 atom stereocenters. The Kier molecular flexibility index (Phi) is 6.89. The number of carbonyl (C=O) groups is 1. The lowest BCUT2D eigenvalue weighted by molar-refractivity contribution is -0.134. The monoisotopic (exact) mass is 540 g/mol. The molecule has 0 fully saturated rings. The van der Waals surface area contributed by atoms with E-state index in [1.165, 1.54) is 0 Å². The number of carboxylic acids is 1. The second-order valence-electron chi connectivity index (χ2n) is 9.43. The minimum atomic E-state index is -0.833. The van der Waals surface area contributed by atoms with Crippen LogP contribution in [0.4, 0.5) is 0 Å². The number of nitrogens with one attached hydrogen (secondary N) is 2. The van der Waals surface area contributed by atoms with E-state index in [2.05, 4.69) is 81.3 Å². The van der Waals surface area contributed by atoms with Gasteiger partial charge in [-0.2, -0.15) is 0 Å². The summed E-state index contributed by atoms with van der Waals surface area (Å²) in [5.41, 5.74) is 3.89. The fourth-order valence-corrected chi connectivity index (χ4v) is 5.57. The van der Waals surface area contributed by atoms with Gasteiger partial charge in [0.2, 0.25) is 0 Å². The van der Waals surface area contributed by atoms with Crippen LogP contribution in [-0.4, -0.2) is 48.9 Å². The first-order valence-corrected chi connectivity index (χ1v) is 13.8. The molecule has 7 rings (SSSR count). The molecule has 2 aliphatic heterocycles. The maximum atomic E-state index is 9.00. The van der Waals surface area contributed by atoms with E-state index in [0.29, 0.717) is 0 Å². The SMILES string of the molecule is CC(=O)O.c1cc2cc(-c3ccc(-c4cc5ccc(C6=NCCCN6)cc5o4)s3)oc2cc1C1=NCCCN1. The smallest absolute Gasteiger partial charge is 0.300 e. The van der Waals surface area contributed by atoms with Crippen molar-refractivity contribution in [3.63, 3.8) is 0 Å². The zero-order valence-corrected chi connectivity index (χ0v) is 22.3. The normalized spacial score (nSPS) is 15.1. The Morgan fingerprint density at radius 2 is 1.23 bits per heavy atom. The second-order valence-corrected chi connectivity index (χ2v) is 10.5. The number of fused-ring (bicyclic) bond motifs is 2. The van der Waals surface area contributed by atoms with Gasteiger partial charge in [0.15, 0.2) is 0 Å². The minimum absolute atomic E-state index is 0.833. The molecule has 5 aromatic rings. The maximum Gasteiger partial charge on any atom is 0.300 e. The van der Waals surface area contributed by atoms with Crippen LogP contribution in [-0.2, 0) is 4.79 Å². The second kappa shape index (κ2) is 10.8. The number of amidine groups is 2. The van der Waals surface area contributed by atoms with E-state index >= 15 is 0 Å². The number of aliphatic imine (C=N–C) groups is 2. The van der Waals surface area contributed by atoms with Gasteiger partial charge in [0.1, 0.15) is 34.4 Å². The van der Waals surface area contributed by atoms with Gasteiger partial charge in [0, 0.05) is 55.0 Å². The standard InChI is InChI=1S/C28H24N4O2S.C2H4O2/c1-9-29-27(30-10-1)19-5-3-17-13-23(33-21(17)15-19)25-7-8-26(35-25)24-14-18-4-6-20(16-22(18)34-24)28-31-11-2-12-32-28;1-2(3)4/h3-8,13-16H,1-2,9-12H2,(H,29,30)(H,31,32);1H3,(H,3,4). The largest absolute Gasteiger partial charge is 0.481 e. The third-order valence-electron chi connectivity index (χ3n) is 6.47. The zero-order chi connectivity index (χ0) is 26.8. The number of furan rings is 2. The topological polar surface area (TPSA) is 112 Å². The van der Waals surface area contributed by atoms with Gasteiger partial charge < -0.3 is 24.6 Å². The van der Waals surface area contributed by atoms with Crippen molar-refractivity contribution in [1.29, 1.82) is 0 Å². The lowest BCUT2D eigenvalue weighted by Gasteiger charge is -2.14. The van der Waals surface area contributed by atoms with Gasteiger partial charge in [-0.15, -0.1) is 11.3 Å². The van der Waals surface area contributed by atoms with E-state index in [4.69, 9.17) is 18.7 Å². The van der Waals surface area contributed by atoms with Gasteiger partial charge in [-0.1, -0.05) is 24.3 Å². The molecular formula is C30H28N4O4S. The Morgan fingerprint density at radius 3 is 1.64 bits per heavy atom. The summed E-state index contributed by atoms with van der Waals surface area (Å²) in [4.78, 5) is 20.4. The Bertz CT molecular complexity index is 1600. The number of rotatable bonds is 4. The maximum absolute atomic E-state index is 9.00. The van der Waals surface area contributed by atoms with Crippen LogP contribution >= 0.6 is 11.3 Å². The number of nitrogens with zero attached hydrogens (tertiary/aromatic N) is 2. The van der Waals surface area contributed by atoms with Crippen LogP contribution in [0.1, 0.15) is 30.9 Å². The van der Waals surface area contributed by atoms with Crippen LogP contribution in [0, 0.1) is 0 Å². The highest BCUT2D eigenvalue weighted by molar-refractivity contribution is 7.18. The summed E-state index contributed by atoms with van der Waals surface area (Å²) in [5.74, 6) is 2.81. The highest BCUT2D eigenvalue weighted by Crippen LogP contribution is 2.39. The van der Waals surface area contributed by atoms with Gasteiger partial charge >= 0.3 is 0 Å². The predicted octanol–water partition coefficient (Wildman–Crippen LogP) is 6.15. The molecule has 0 bridgehead atoms. The molecule has 2 aromatic carbocycles. The van der Waals surface area contributed by atoms with E-state index in [9.17, 15) is 0 Å². The molecule has 0 saturated carbocycles. The molecule has 198 valence electrons. The van der Waals surface area contributed by atoms with Crippen LogP contribution in [0.3, 0.4) is 0 Å². The molecule has 3 N–H and O–H groups in total. The number of hydrogen-bond acceptors (Lipinski definition) is 8. The van der Waals surface area contributed by atoms with Crippen molar-refractivity contribution in [3.8, 4) is 21.3 Å². The molecule has 0 radical (unpaired) electrons. The number of aliphatic carboxylic acids is 1. The van der Waals surface area contributed by atoms with Crippen molar-refractivity contribution >= 4 is 50.9 Å². The molecular weight excluding hydrogens is 512 g/mol. The molecule has 5 heterocycles. The molecule has 0 unspecified atom stereocenters. The third-order valence-corrected chi connectivity index (χ3v) is 7.59. The Labute approximate surface area is 229 Å². The van der Waals surface area contributed by atoms with Gasteiger partial charge in [-0.25, -0.2) is 0 Å². The van der Waals surface area contributed by atoms with Crippen LogP contribution in [0.5, 0.6) is 0 Å². The summed E-state index contributed by atoms with van der Waals surface area (Å²) in [7, 11) is 0. The van der Waals surface area contributed by atoms with Crippen molar-refractivity contribution in [2.75, 3.05) is 26.2 Å². The molecule has 0 amide bonds. The molecule has 9 heteroatoms. The average molecular weight is 541 g/mol. The zero-order valence-electron chi connectivity index (χ0n) is 21.5. The van der Waals surface area contributed by atoms with Crippen LogP contribution in [0.2, 0.25) is 0 Å². The fraction of sp³-hybridized carbons (Fsp3) is 0.233. The quantitative estimate of drug-likeness (QED) is 0.252. The van der Waals surface area contributed by atoms with Crippen LogP contribution in [0.15, 0.2) is 79.5 Å². The van der Waals surface area contributed by atoms with Crippen molar-refractivity contribution in [3.05, 3.63) is 71.8 Å². The molecule has 2 aliphatic rings. The van der Waals surface area contributed by atoms with Gasteiger partial charge in [-0.05, 0) is 49.2 Å². The minimum Gasteiger partial charge on any atom is -0.481 e. The Morgan fingerprint density at radius 1 is 0.769 bits per heavy atom. The number of hydrogen-bond donors (Lipinski definition) is 3. The molecule has 0 spiro atoms. The molecule has 8 nitrogen and oxygen atoms in total. The lowest BCUT2D eigenvalue weighted by Crippen LogP contribution is -2.30. The van der Waals surface area contributed by atoms with Crippen LogP contribution in [0.25, 0.3) is 43.2 Å². The van der Waals surface area contributed by atoms with Crippen molar-refractivity contribution < 1.29 is 18.7 Å². The van der Waals surface area contributed by atoms with Gasteiger partial charge in [-0.3, -0.25) is 14.8 Å². The summed E-state index contributed by atoms with van der Waals surface area (Å²) in [6, 6.07) is 21.0. The van der Waals surface area contributed by atoms with Gasteiger partial charge in [0.05, 0.1) is 9.75 Å². The van der Waals surface area contributed by atoms with Gasteiger partial charge in [0.25, 0.3) is 5.97 Å². The van der Waals surface area contributed by atoms with E-state index < -0.39 is 5.97 Å². The van der Waals surface area contributed by atoms with Crippen LogP contribution < -0.4 is 10.6 Å². The first-order valence-electron chi connectivity index (χ1n) is 13.0. The van der Waals surface area contributed by atoms with E-state index in [-0.39, 0.29) is 0 Å². The van der Waals surface area contributed by atoms with E-state index in [1.807, 2.05) is 0 Å². The highest BCUT2D eigenvalue weighted by atomic mass is 32.1. The van der Waals surface area contributed by atoms with Crippen molar-refractivity contribution in [2.24, 2.45) is 9.98 Å². The summed E-state index contributed by atoms with van der Waals surface area (Å²) in [6.45, 7) is 4.76. The number of carboxylic acid groups (broad SMARTS) is 1.